The minimum Gasteiger partial charge on any atom is -0.419 e. The van der Waals surface area contributed by atoms with E-state index in [0.717, 1.165) is 18.4 Å². The normalized spacial score (nSPS) is 17.9. The molecule has 6 nitrogen and oxygen atoms in total. The van der Waals surface area contributed by atoms with Crippen molar-refractivity contribution < 1.29 is 13.9 Å². The highest BCUT2D eigenvalue weighted by molar-refractivity contribution is 6.30. The number of nitrogens with one attached hydrogen (secondary N) is 1. The van der Waals surface area contributed by atoms with Crippen LogP contribution >= 0.6 is 11.6 Å². The number of carbonyl (C=O) groups excluding carboxylic acids is 1. The molecule has 0 bridgehead atoms. The molecule has 3 rings (SSSR count). The highest BCUT2D eigenvalue weighted by Gasteiger charge is 2.23. The highest BCUT2D eigenvalue weighted by Crippen LogP contribution is 2.20. The zero-order valence-electron chi connectivity index (χ0n) is 11.2. The smallest absolute Gasteiger partial charge is 0.249 e. The van der Waals surface area contributed by atoms with Gasteiger partial charge in [-0.15, -0.1) is 10.2 Å². The number of aromatic nitrogens is 2. The Kier molecular flexibility index (Phi) is 4.17. The van der Waals surface area contributed by atoms with Gasteiger partial charge in [0.15, 0.2) is 0 Å². The summed E-state index contributed by atoms with van der Waals surface area (Å²) in [6, 6.07) is 7.09. The van der Waals surface area contributed by atoms with Crippen molar-refractivity contribution in [1.29, 1.82) is 0 Å². The molecule has 110 valence electrons. The molecule has 1 unspecified atom stereocenters. The lowest BCUT2D eigenvalue weighted by Crippen LogP contribution is -2.33. The maximum atomic E-state index is 11.8. The van der Waals surface area contributed by atoms with Crippen LogP contribution in [0.4, 0.5) is 0 Å². The van der Waals surface area contributed by atoms with E-state index in [-0.39, 0.29) is 18.6 Å². The molecule has 2 aromatic rings. The third-order valence-electron chi connectivity index (χ3n) is 3.19. The average Bonchev–Trinajstić information content (AvgIpc) is 3.17. The van der Waals surface area contributed by atoms with Crippen molar-refractivity contribution in [2.45, 2.75) is 25.5 Å². The number of amides is 1. The van der Waals surface area contributed by atoms with Crippen LogP contribution in [0.25, 0.3) is 11.5 Å². The SMILES string of the molecule is O=C(NCc1nnc(-c2ccc(Cl)cc2)o1)C1CCCO1. The first-order chi connectivity index (χ1) is 10.2. The van der Waals surface area contributed by atoms with E-state index in [1.54, 1.807) is 24.3 Å². The van der Waals surface area contributed by atoms with E-state index < -0.39 is 0 Å². The van der Waals surface area contributed by atoms with Gasteiger partial charge < -0.3 is 14.5 Å². The summed E-state index contributed by atoms with van der Waals surface area (Å²) in [5.74, 6) is 0.609. The van der Waals surface area contributed by atoms with Gasteiger partial charge in [0, 0.05) is 17.2 Å². The Labute approximate surface area is 126 Å². The second kappa shape index (κ2) is 6.24. The number of nitrogens with zero attached hydrogens (tertiary/aromatic N) is 2. The molecular weight excluding hydrogens is 294 g/mol. The Bertz CT molecular complexity index is 621. The summed E-state index contributed by atoms with van der Waals surface area (Å²) in [5, 5.41) is 11.2. The molecule has 0 radical (unpaired) electrons. The van der Waals surface area contributed by atoms with Crippen LogP contribution in [0.2, 0.25) is 5.02 Å². The lowest BCUT2D eigenvalue weighted by molar-refractivity contribution is -0.130. The molecule has 1 aromatic carbocycles. The van der Waals surface area contributed by atoms with Crippen LogP contribution in [0.1, 0.15) is 18.7 Å². The minimum absolute atomic E-state index is 0.140. The maximum Gasteiger partial charge on any atom is 0.249 e. The first-order valence-corrected chi connectivity index (χ1v) is 7.08. The average molecular weight is 308 g/mol. The molecule has 1 amide bonds. The summed E-state index contributed by atoms with van der Waals surface area (Å²) in [6.45, 7) is 0.832. The fourth-order valence-electron chi connectivity index (χ4n) is 2.10. The lowest BCUT2D eigenvalue weighted by atomic mass is 10.2. The summed E-state index contributed by atoms with van der Waals surface area (Å²) in [4.78, 5) is 11.8. The molecule has 7 heteroatoms. The summed E-state index contributed by atoms with van der Waals surface area (Å²) < 4.78 is 10.8. The van der Waals surface area contributed by atoms with Crippen molar-refractivity contribution in [3.05, 3.63) is 35.2 Å². The zero-order valence-corrected chi connectivity index (χ0v) is 12.0. The van der Waals surface area contributed by atoms with Gasteiger partial charge in [-0.1, -0.05) is 11.6 Å². The summed E-state index contributed by atoms with van der Waals surface area (Å²) in [5.41, 5.74) is 0.781. The zero-order chi connectivity index (χ0) is 14.7. The van der Waals surface area contributed by atoms with Crippen molar-refractivity contribution >= 4 is 17.5 Å². The van der Waals surface area contributed by atoms with Crippen LogP contribution < -0.4 is 5.32 Å². The second-order valence-corrected chi connectivity index (χ2v) is 5.16. The first kappa shape index (κ1) is 14.0. The number of hydrogen-bond donors (Lipinski definition) is 1. The molecule has 0 spiro atoms. The van der Waals surface area contributed by atoms with E-state index in [1.165, 1.54) is 0 Å². The van der Waals surface area contributed by atoms with Crippen LogP contribution in [0.5, 0.6) is 0 Å². The largest absolute Gasteiger partial charge is 0.419 e. The standard InChI is InChI=1S/C14H14ClN3O3/c15-10-5-3-9(4-6-10)14-18-17-12(21-14)8-16-13(19)11-2-1-7-20-11/h3-6,11H,1-2,7-8H2,(H,16,19). The van der Waals surface area contributed by atoms with Gasteiger partial charge >= 0.3 is 0 Å². The number of rotatable bonds is 4. The molecule has 21 heavy (non-hydrogen) atoms. The van der Waals surface area contributed by atoms with Gasteiger partial charge in [0.05, 0.1) is 6.54 Å². The fourth-order valence-corrected chi connectivity index (χ4v) is 2.22. The van der Waals surface area contributed by atoms with E-state index in [0.29, 0.717) is 23.4 Å². The molecule has 0 saturated carbocycles. The molecule has 2 heterocycles. The molecule has 1 fully saturated rings. The van der Waals surface area contributed by atoms with Gasteiger partial charge in [0.1, 0.15) is 6.10 Å². The quantitative estimate of drug-likeness (QED) is 0.937. The van der Waals surface area contributed by atoms with Gasteiger partial charge in [-0.05, 0) is 37.1 Å². The fraction of sp³-hybridized carbons (Fsp3) is 0.357. The van der Waals surface area contributed by atoms with Gasteiger partial charge in [-0.25, -0.2) is 0 Å². The highest BCUT2D eigenvalue weighted by atomic mass is 35.5. The van der Waals surface area contributed by atoms with E-state index in [4.69, 9.17) is 20.8 Å². The molecule has 1 aromatic heterocycles. The van der Waals surface area contributed by atoms with Crippen molar-refractivity contribution in [2.75, 3.05) is 6.61 Å². The molecule has 1 atom stereocenters. The predicted molar refractivity (Wildman–Crippen MR) is 75.6 cm³/mol. The number of carbonyl (C=O) groups is 1. The monoisotopic (exact) mass is 307 g/mol. The van der Waals surface area contributed by atoms with Crippen molar-refractivity contribution in [3.8, 4) is 11.5 Å². The number of hydrogen-bond acceptors (Lipinski definition) is 5. The second-order valence-electron chi connectivity index (χ2n) is 4.73. The Morgan fingerprint density at radius 3 is 2.86 bits per heavy atom. The number of ether oxygens (including phenoxy) is 1. The molecule has 1 aliphatic rings. The molecule has 0 aliphatic carbocycles. The summed E-state index contributed by atoms with van der Waals surface area (Å²) in [7, 11) is 0. The van der Waals surface area contributed by atoms with Crippen LogP contribution in [-0.2, 0) is 16.1 Å². The maximum absolute atomic E-state index is 11.8. The predicted octanol–water partition coefficient (Wildman–Crippen LogP) is 2.19. The van der Waals surface area contributed by atoms with Gasteiger partial charge in [0.2, 0.25) is 17.7 Å². The summed E-state index contributed by atoms with van der Waals surface area (Å²) in [6.07, 6.45) is 1.31. The summed E-state index contributed by atoms with van der Waals surface area (Å²) >= 11 is 5.83. The van der Waals surface area contributed by atoms with E-state index in [2.05, 4.69) is 15.5 Å². The van der Waals surface area contributed by atoms with Crippen LogP contribution in [0.15, 0.2) is 28.7 Å². The Balaban J connectivity index is 1.60. The third kappa shape index (κ3) is 3.40. The van der Waals surface area contributed by atoms with Crippen molar-refractivity contribution in [3.63, 3.8) is 0 Å². The molecular formula is C14H14ClN3O3. The Morgan fingerprint density at radius 1 is 1.33 bits per heavy atom. The molecule has 1 aliphatic heterocycles. The Hall–Kier alpha value is -1.92. The van der Waals surface area contributed by atoms with Crippen LogP contribution in [0, 0.1) is 0 Å². The third-order valence-corrected chi connectivity index (χ3v) is 3.45. The minimum atomic E-state index is -0.358. The van der Waals surface area contributed by atoms with Gasteiger partial charge in [-0.3, -0.25) is 4.79 Å². The van der Waals surface area contributed by atoms with Gasteiger partial charge in [0.25, 0.3) is 0 Å². The number of benzene rings is 1. The van der Waals surface area contributed by atoms with Gasteiger partial charge in [-0.2, -0.15) is 0 Å². The topological polar surface area (TPSA) is 77.3 Å². The van der Waals surface area contributed by atoms with Crippen molar-refractivity contribution in [2.24, 2.45) is 0 Å². The first-order valence-electron chi connectivity index (χ1n) is 6.70. The van der Waals surface area contributed by atoms with E-state index >= 15 is 0 Å². The Morgan fingerprint density at radius 2 is 2.14 bits per heavy atom. The molecule has 1 N–H and O–H groups in total. The van der Waals surface area contributed by atoms with Crippen LogP contribution in [-0.4, -0.2) is 28.8 Å². The van der Waals surface area contributed by atoms with E-state index in [9.17, 15) is 4.79 Å². The molecule has 1 saturated heterocycles. The van der Waals surface area contributed by atoms with E-state index in [1.807, 2.05) is 0 Å². The lowest BCUT2D eigenvalue weighted by Gasteiger charge is -2.08. The van der Waals surface area contributed by atoms with Crippen LogP contribution in [0.3, 0.4) is 0 Å². The number of halogens is 1. The van der Waals surface area contributed by atoms with Crippen molar-refractivity contribution in [1.82, 2.24) is 15.5 Å².